The van der Waals surface area contributed by atoms with Gasteiger partial charge in [-0.2, -0.15) is 0 Å². The fourth-order valence-electron chi connectivity index (χ4n) is 4.48. The molecule has 1 fully saturated rings. The normalized spacial score (nSPS) is 18.0. The van der Waals surface area contributed by atoms with Crippen molar-refractivity contribution in [2.24, 2.45) is 0 Å². The molecular weight excluding hydrogens is 417 g/mol. The lowest BCUT2D eigenvalue weighted by Gasteiger charge is -2.36. The van der Waals surface area contributed by atoms with Gasteiger partial charge in [0.15, 0.2) is 0 Å². The van der Waals surface area contributed by atoms with Gasteiger partial charge in [-0.1, -0.05) is 0 Å². The highest BCUT2D eigenvalue weighted by Gasteiger charge is 2.35. The number of aromatic amines is 1. The van der Waals surface area contributed by atoms with Crippen molar-refractivity contribution in [3.63, 3.8) is 0 Å². The second-order valence-corrected chi connectivity index (χ2v) is 8.27. The van der Waals surface area contributed by atoms with E-state index in [1.54, 1.807) is 29.1 Å². The first kappa shape index (κ1) is 20.4. The summed E-state index contributed by atoms with van der Waals surface area (Å²) in [5.74, 6) is -1.04. The number of carbonyl (C=O) groups is 1. The number of aryl methyl sites for hydroxylation is 1. The second kappa shape index (κ2) is 7.85. The Bertz CT molecular complexity index is 1300. The molecule has 2 heterocycles. The van der Waals surface area contributed by atoms with Crippen molar-refractivity contribution in [3.8, 4) is 11.3 Å². The summed E-state index contributed by atoms with van der Waals surface area (Å²) in [6.45, 7) is 2.02. The molecule has 1 saturated carbocycles. The van der Waals surface area contributed by atoms with E-state index in [2.05, 4.69) is 15.3 Å². The standard InChI is InChI=1S/C24H21F3N4O/c1-13-28-6-7-31(13)12-21(32)29-18-8-15(9-18)22-19-10-17(26)11-20(27)24(19)30-23(22)14-2-4-16(25)5-3-14/h2-7,10-11,15,18,30H,8-9,12H2,1H3,(H,29,32)/t15-,18-. The van der Waals surface area contributed by atoms with E-state index in [1.807, 2.05) is 6.92 Å². The number of imidazole rings is 1. The van der Waals surface area contributed by atoms with Gasteiger partial charge in [-0.05, 0) is 67.1 Å². The molecular formula is C24H21F3N4O. The Morgan fingerprint density at radius 2 is 1.91 bits per heavy atom. The third-order valence-electron chi connectivity index (χ3n) is 6.15. The zero-order chi connectivity index (χ0) is 22.4. The molecule has 0 bridgehead atoms. The van der Waals surface area contributed by atoms with Crippen LogP contribution >= 0.6 is 0 Å². The number of hydrogen-bond donors (Lipinski definition) is 2. The number of carbonyl (C=O) groups excluding carboxylic acids is 1. The largest absolute Gasteiger partial charge is 0.352 e. The van der Waals surface area contributed by atoms with Crippen molar-refractivity contribution in [2.75, 3.05) is 0 Å². The monoisotopic (exact) mass is 438 g/mol. The Balaban J connectivity index is 1.40. The summed E-state index contributed by atoms with van der Waals surface area (Å²) >= 11 is 0. The summed E-state index contributed by atoms with van der Waals surface area (Å²) in [5, 5.41) is 3.49. The highest BCUT2D eigenvalue weighted by Crippen LogP contribution is 2.45. The highest BCUT2D eigenvalue weighted by molar-refractivity contribution is 5.92. The van der Waals surface area contributed by atoms with Crippen molar-refractivity contribution >= 4 is 16.8 Å². The quantitative estimate of drug-likeness (QED) is 0.469. The predicted octanol–water partition coefficient (Wildman–Crippen LogP) is 4.82. The first-order valence-corrected chi connectivity index (χ1v) is 10.4. The zero-order valence-corrected chi connectivity index (χ0v) is 17.3. The van der Waals surface area contributed by atoms with Gasteiger partial charge in [0.05, 0.1) is 11.2 Å². The molecule has 2 N–H and O–H groups in total. The molecule has 0 spiro atoms. The van der Waals surface area contributed by atoms with E-state index in [0.717, 1.165) is 17.5 Å². The molecule has 4 aromatic rings. The molecule has 1 aliphatic rings. The first-order valence-electron chi connectivity index (χ1n) is 10.4. The number of aromatic nitrogens is 3. The molecule has 5 rings (SSSR count). The summed E-state index contributed by atoms with van der Waals surface area (Å²) in [5.41, 5.74) is 2.36. The van der Waals surface area contributed by atoms with Crippen molar-refractivity contribution < 1.29 is 18.0 Å². The number of amides is 1. The number of nitrogens with zero attached hydrogens (tertiary/aromatic N) is 2. The predicted molar refractivity (Wildman–Crippen MR) is 114 cm³/mol. The van der Waals surface area contributed by atoms with Crippen LogP contribution in [0.4, 0.5) is 13.2 Å². The SMILES string of the molecule is Cc1nccn1CC(=O)N[C@H]1C[C@H](c2c(-c3ccc(F)cc3)[nH]c3c(F)cc(F)cc32)C1. The van der Waals surface area contributed by atoms with E-state index in [9.17, 15) is 18.0 Å². The first-order chi connectivity index (χ1) is 15.4. The summed E-state index contributed by atoms with van der Waals surface area (Å²) < 4.78 is 43.7. The fraction of sp³-hybridized carbons (Fsp3) is 0.250. The second-order valence-electron chi connectivity index (χ2n) is 8.27. The average Bonchev–Trinajstić information content (AvgIpc) is 3.29. The van der Waals surface area contributed by atoms with Crippen LogP contribution in [-0.2, 0) is 11.3 Å². The smallest absolute Gasteiger partial charge is 0.240 e. The van der Waals surface area contributed by atoms with Crippen molar-refractivity contribution in [2.45, 2.75) is 38.3 Å². The summed E-state index contributed by atoms with van der Waals surface area (Å²) in [4.78, 5) is 19.6. The van der Waals surface area contributed by atoms with Crippen LogP contribution in [0, 0.1) is 24.4 Å². The number of fused-ring (bicyclic) bond motifs is 1. The average molecular weight is 438 g/mol. The maximum Gasteiger partial charge on any atom is 0.240 e. The van der Waals surface area contributed by atoms with E-state index in [1.165, 1.54) is 18.2 Å². The van der Waals surface area contributed by atoms with Gasteiger partial charge in [-0.15, -0.1) is 0 Å². The van der Waals surface area contributed by atoms with Crippen molar-refractivity contribution in [1.29, 1.82) is 0 Å². The van der Waals surface area contributed by atoms with Crippen molar-refractivity contribution in [1.82, 2.24) is 19.9 Å². The van der Waals surface area contributed by atoms with Gasteiger partial charge in [-0.3, -0.25) is 4.79 Å². The van der Waals surface area contributed by atoms with Gasteiger partial charge in [0.2, 0.25) is 5.91 Å². The van der Waals surface area contributed by atoms with E-state index in [-0.39, 0.29) is 35.7 Å². The number of halogens is 3. The highest BCUT2D eigenvalue weighted by atomic mass is 19.1. The number of H-pyrrole nitrogens is 1. The molecule has 8 heteroatoms. The zero-order valence-electron chi connectivity index (χ0n) is 17.3. The number of rotatable bonds is 5. The Labute approximate surface area is 182 Å². The molecule has 164 valence electrons. The topological polar surface area (TPSA) is 62.7 Å². The molecule has 1 amide bonds. The van der Waals surface area contributed by atoms with Gasteiger partial charge in [0.1, 0.15) is 29.8 Å². The van der Waals surface area contributed by atoms with E-state index < -0.39 is 11.6 Å². The summed E-state index contributed by atoms with van der Waals surface area (Å²) in [7, 11) is 0. The number of benzene rings is 2. The van der Waals surface area contributed by atoms with Crippen LogP contribution < -0.4 is 5.32 Å². The molecule has 2 aromatic carbocycles. The van der Waals surface area contributed by atoms with E-state index >= 15 is 0 Å². The lowest BCUT2D eigenvalue weighted by Crippen LogP contribution is -2.44. The molecule has 0 unspecified atom stereocenters. The molecule has 0 radical (unpaired) electrons. The third-order valence-corrected chi connectivity index (χ3v) is 6.15. The molecule has 0 atom stereocenters. The van der Waals surface area contributed by atoms with Crippen LogP contribution in [0.15, 0.2) is 48.8 Å². The number of hydrogen-bond acceptors (Lipinski definition) is 2. The van der Waals surface area contributed by atoms with Gasteiger partial charge in [0.25, 0.3) is 0 Å². The van der Waals surface area contributed by atoms with Gasteiger partial charge in [-0.25, -0.2) is 18.2 Å². The van der Waals surface area contributed by atoms with Crippen LogP contribution in [0.1, 0.15) is 30.1 Å². The Hall–Kier alpha value is -3.55. The Morgan fingerprint density at radius 3 is 2.59 bits per heavy atom. The number of nitrogens with one attached hydrogen (secondary N) is 2. The van der Waals surface area contributed by atoms with Crippen LogP contribution in [-0.4, -0.2) is 26.5 Å². The van der Waals surface area contributed by atoms with Gasteiger partial charge in [0, 0.05) is 29.9 Å². The summed E-state index contributed by atoms with van der Waals surface area (Å²) in [6.07, 6.45) is 4.69. The molecule has 32 heavy (non-hydrogen) atoms. The maximum absolute atomic E-state index is 14.5. The molecule has 2 aromatic heterocycles. The van der Waals surface area contributed by atoms with Gasteiger partial charge >= 0.3 is 0 Å². The van der Waals surface area contributed by atoms with E-state index in [4.69, 9.17) is 0 Å². The molecule has 1 aliphatic carbocycles. The molecule has 5 nitrogen and oxygen atoms in total. The van der Waals surface area contributed by atoms with Crippen LogP contribution in [0.25, 0.3) is 22.2 Å². The molecule has 0 aliphatic heterocycles. The molecule has 0 saturated heterocycles. The third kappa shape index (κ3) is 3.66. The van der Waals surface area contributed by atoms with Crippen LogP contribution in [0.2, 0.25) is 0 Å². The lowest BCUT2D eigenvalue weighted by atomic mass is 9.74. The minimum Gasteiger partial charge on any atom is -0.352 e. The fourth-order valence-corrected chi connectivity index (χ4v) is 4.48. The van der Waals surface area contributed by atoms with E-state index in [0.29, 0.717) is 29.5 Å². The Kier molecular flexibility index (Phi) is 5.00. The minimum atomic E-state index is -0.672. The van der Waals surface area contributed by atoms with Gasteiger partial charge < -0.3 is 14.9 Å². The maximum atomic E-state index is 14.5. The van der Waals surface area contributed by atoms with Crippen LogP contribution in [0.5, 0.6) is 0 Å². The lowest BCUT2D eigenvalue weighted by molar-refractivity contribution is -0.123. The van der Waals surface area contributed by atoms with Crippen LogP contribution in [0.3, 0.4) is 0 Å². The minimum absolute atomic E-state index is 0.00489. The summed E-state index contributed by atoms with van der Waals surface area (Å²) in [6, 6.07) is 8.05. The van der Waals surface area contributed by atoms with Crippen molar-refractivity contribution in [3.05, 3.63) is 77.6 Å². The Morgan fingerprint density at radius 1 is 1.16 bits per heavy atom.